The monoisotopic (exact) mass is 401 g/mol. The lowest BCUT2D eigenvalue weighted by atomic mass is 9.98. The smallest absolute Gasteiger partial charge is 0.165 e. The van der Waals surface area contributed by atoms with Gasteiger partial charge in [0.25, 0.3) is 0 Å². The summed E-state index contributed by atoms with van der Waals surface area (Å²) in [5.41, 5.74) is 2.69. The van der Waals surface area contributed by atoms with Gasteiger partial charge in [-0.2, -0.15) is 15.0 Å². The van der Waals surface area contributed by atoms with Gasteiger partial charge in [0.05, 0.1) is 13.3 Å². The molecule has 0 N–H and O–H groups in total. The first-order chi connectivity index (χ1) is 14.6. The molecule has 0 aliphatic rings. The van der Waals surface area contributed by atoms with Crippen molar-refractivity contribution in [1.29, 1.82) is 0 Å². The lowest BCUT2D eigenvalue weighted by molar-refractivity contribution is 0.0964. The Kier molecular flexibility index (Phi) is 5.66. The van der Waals surface area contributed by atoms with Crippen LogP contribution in [-0.2, 0) is 0 Å². The Morgan fingerprint density at radius 2 is 1.80 bits per heavy atom. The van der Waals surface area contributed by atoms with E-state index in [2.05, 4.69) is 10.2 Å². The van der Waals surface area contributed by atoms with Crippen LogP contribution in [0.4, 0.5) is 4.39 Å². The first-order valence-electron chi connectivity index (χ1n) is 9.54. The summed E-state index contributed by atoms with van der Waals surface area (Å²) in [6.45, 7) is 0. The second kappa shape index (κ2) is 8.69. The number of carbonyl (C=O) groups is 1. The van der Waals surface area contributed by atoms with Crippen molar-refractivity contribution in [2.45, 2.75) is 12.5 Å². The number of aromatic nitrogens is 3. The summed E-state index contributed by atoms with van der Waals surface area (Å²) < 4.78 is 18.7. The number of benzene rings is 3. The van der Waals surface area contributed by atoms with Crippen molar-refractivity contribution in [3.05, 3.63) is 102 Å². The molecule has 0 amide bonds. The van der Waals surface area contributed by atoms with Crippen LogP contribution >= 0.6 is 0 Å². The SMILES string of the molecule is COc1ccc(C(=O)CC(c2ccccc2)n2ncc(-c3cccc(F)c3)n2)cc1. The van der Waals surface area contributed by atoms with Gasteiger partial charge in [-0.25, -0.2) is 4.39 Å². The molecule has 1 heterocycles. The molecule has 1 aromatic heterocycles. The molecule has 0 saturated heterocycles. The van der Waals surface area contributed by atoms with Gasteiger partial charge in [0, 0.05) is 17.5 Å². The minimum Gasteiger partial charge on any atom is -0.497 e. The van der Waals surface area contributed by atoms with Crippen molar-refractivity contribution >= 4 is 5.78 Å². The van der Waals surface area contributed by atoms with Crippen LogP contribution in [0.2, 0.25) is 0 Å². The zero-order chi connectivity index (χ0) is 20.9. The predicted molar refractivity (Wildman–Crippen MR) is 112 cm³/mol. The lowest BCUT2D eigenvalue weighted by Crippen LogP contribution is -2.18. The number of carbonyl (C=O) groups excluding carboxylic acids is 1. The summed E-state index contributed by atoms with van der Waals surface area (Å²) in [5.74, 6) is 0.326. The predicted octanol–water partition coefficient (Wildman–Crippen LogP) is 4.96. The number of ketones is 1. The van der Waals surface area contributed by atoms with Gasteiger partial charge in [-0.3, -0.25) is 4.79 Å². The second-order valence-electron chi connectivity index (χ2n) is 6.84. The van der Waals surface area contributed by atoms with Gasteiger partial charge in [0.2, 0.25) is 0 Å². The topological polar surface area (TPSA) is 57.0 Å². The van der Waals surface area contributed by atoms with E-state index in [-0.39, 0.29) is 24.1 Å². The zero-order valence-electron chi connectivity index (χ0n) is 16.4. The third-order valence-corrected chi connectivity index (χ3v) is 4.88. The van der Waals surface area contributed by atoms with E-state index < -0.39 is 0 Å². The van der Waals surface area contributed by atoms with E-state index in [0.717, 1.165) is 5.56 Å². The third kappa shape index (κ3) is 4.27. The summed E-state index contributed by atoms with van der Waals surface area (Å²) in [6, 6.07) is 22.5. The molecule has 0 aliphatic carbocycles. The molecule has 150 valence electrons. The molecular weight excluding hydrogens is 381 g/mol. The molecular formula is C24H20FN3O2. The summed E-state index contributed by atoms with van der Waals surface area (Å²) >= 11 is 0. The van der Waals surface area contributed by atoms with Crippen molar-refractivity contribution in [3.63, 3.8) is 0 Å². The summed E-state index contributed by atoms with van der Waals surface area (Å²) in [7, 11) is 1.59. The molecule has 1 atom stereocenters. The van der Waals surface area contributed by atoms with E-state index in [1.165, 1.54) is 16.9 Å². The molecule has 0 radical (unpaired) electrons. The van der Waals surface area contributed by atoms with Gasteiger partial charge in [-0.05, 0) is 42.0 Å². The highest BCUT2D eigenvalue weighted by Crippen LogP contribution is 2.25. The van der Waals surface area contributed by atoms with Crippen LogP contribution in [0.5, 0.6) is 5.75 Å². The lowest BCUT2D eigenvalue weighted by Gasteiger charge is -2.16. The van der Waals surface area contributed by atoms with Crippen LogP contribution in [0.1, 0.15) is 28.4 Å². The maximum absolute atomic E-state index is 13.6. The van der Waals surface area contributed by atoms with E-state index in [4.69, 9.17) is 4.74 Å². The van der Waals surface area contributed by atoms with Gasteiger partial charge in [0.1, 0.15) is 23.3 Å². The summed E-state index contributed by atoms with van der Waals surface area (Å²) in [6.07, 6.45) is 1.77. The molecule has 0 bridgehead atoms. The van der Waals surface area contributed by atoms with Gasteiger partial charge >= 0.3 is 0 Å². The Morgan fingerprint density at radius 3 is 2.50 bits per heavy atom. The number of Topliss-reactive ketones (excluding diaryl/α,β-unsaturated/α-hetero) is 1. The van der Waals surface area contributed by atoms with Gasteiger partial charge in [-0.1, -0.05) is 42.5 Å². The van der Waals surface area contributed by atoms with Crippen LogP contribution in [-0.4, -0.2) is 27.9 Å². The Bertz CT molecular complexity index is 1140. The molecule has 4 aromatic rings. The largest absolute Gasteiger partial charge is 0.497 e. The normalized spacial score (nSPS) is 11.8. The van der Waals surface area contributed by atoms with Crippen molar-refractivity contribution in [1.82, 2.24) is 15.0 Å². The molecule has 30 heavy (non-hydrogen) atoms. The summed E-state index contributed by atoms with van der Waals surface area (Å²) in [4.78, 5) is 14.5. The van der Waals surface area contributed by atoms with Crippen LogP contribution < -0.4 is 4.74 Å². The first kappa shape index (κ1) is 19.5. The molecule has 4 rings (SSSR count). The Balaban J connectivity index is 1.65. The summed E-state index contributed by atoms with van der Waals surface area (Å²) in [5, 5.41) is 8.92. The highest BCUT2D eigenvalue weighted by atomic mass is 19.1. The number of ether oxygens (including phenoxy) is 1. The minimum atomic E-state index is -0.386. The fourth-order valence-corrected chi connectivity index (χ4v) is 3.28. The van der Waals surface area contributed by atoms with Crippen molar-refractivity contribution < 1.29 is 13.9 Å². The first-order valence-corrected chi connectivity index (χ1v) is 9.54. The Labute approximate surface area is 173 Å². The van der Waals surface area contributed by atoms with E-state index >= 15 is 0 Å². The van der Waals surface area contributed by atoms with Crippen LogP contribution in [0, 0.1) is 5.82 Å². The maximum Gasteiger partial charge on any atom is 0.165 e. The zero-order valence-corrected chi connectivity index (χ0v) is 16.4. The van der Waals surface area contributed by atoms with Gasteiger partial charge in [0.15, 0.2) is 5.78 Å². The van der Waals surface area contributed by atoms with E-state index in [9.17, 15) is 9.18 Å². The Hall–Kier alpha value is -3.80. The molecule has 3 aromatic carbocycles. The second-order valence-corrected chi connectivity index (χ2v) is 6.84. The van der Waals surface area contributed by atoms with Gasteiger partial charge in [-0.15, -0.1) is 0 Å². The number of rotatable bonds is 7. The molecule has 1 unspecified atom stereocenters. The van der Waals surface area contributed by atoms with Gasteiger partial charge < -0.3 is 4.74 Å². The van der Waals surface area contributed by atoms with Crippen LogP contribution in [0.3, 0.4) is 0 Å². The third-order valence-electron chi connectivity index (χ3n) is 4.88. The number of nitrogens with zero attached hydrogens (tertiary/aromatic N) is 3. The fourth-order valence-electron chi connectivity index (χ4n) is 3.28. The van der Waals surface area contributed by atoms with E-state index in [0.29, 0.717) is 22.6 Å². The maximum atomic E-state index is 13.6. The van der Waals surface area contributed by atoms with Crippen LogP contribution in [0.25, 0.3) is 11.3 Å². The molecule has 6 heteroatoms. The Morgan fingerprint density at radius 1 is 1.03 bits per heavy atom. The molecule has 0 aliphatic heterocycles. The number of halogens is 1. The van der Waals surface area contributed by atoms with Crippen molar-refractivity contribution in [2.24, 2.45) is 0 Å². The van der Waals surface area contributed by atoms with Crippen molar-refractivity contribution in [2.75, 3.05) is 7.11 Å². The average molecular weight is 401 g/mol. The van der Waals surface area contributed by atoms with E-state index in [1.54, 1.807) is 49.7 Å². The standard InChI is InChI=1S/C24H20FN3O2/c1-30-21-12-10-18(11-13-21)24(29)15-23(17-6-3-2-4-7-17)28-26-16-22(27-28)19-8-5-9-20(25)14-19/h2-14,16,23H,15H2,1H3. The fraction of sp³-hybridized carbons (Fsp3) is 0.125. The number of hydrogen-bond donors (Lipinski definition) is 0. The number of hydrogen-bond acceptors (Lipinski definition) is 4. The molecule has 0 fully saturated rings. The average Bonchev–Trinajstić information content (AvgIpc) is 3.28. The van der Waals surface area contributed by atoms with Crippen LogP contribution in [0.15, 0.2) is 85.1 Å². The minimum absolute atomic E-state index is 0.0314. The molecule has 0 saturated carbocycles. The highest BCUT2D eigenvalue weighted by Gasteiger charge is 2.21. The van der Waals surface area contributed by atoms with E-state index in [1.807, 2.05) is 30.3 Å². The highest BCUT2D eigenvalue weighted by molar-refractivity contribution is 5.96. The quantitative estimate of drug-likeness (QED) is 0.411. The molecule has 0 spiro atoms. The number of methoxy groups -OCH3 is 1. The molecule has 5 nitrogen and oxygen atoms in total. The van der Waals surface area contributed by atoms with Crippen molar-refractivity contribution in [3.8, 4) is 17.0 Å².